The van der Waals surface area contributed by atoms with Crippen LogP contribution in [-0.4, -0.2) is 6.03 Å². The summed E-state index contributed by atoms with van der Waals surface area (Å²) in [5.41, 5.74) is 2.40. The molecule has 0 aliphatic carbocycles. The van der Waals surface area contributed by atoms with Crippen LogP contribution in [0.5, 0.6) is 0 Å². The Morgan fingerprint density at radius 3 is 3.00 bits per heavy atom. The molecule has 67 valence electrons. The van der Waals surface area contributed by atoms with Crippen molar-refractivity contribution in [2.45, 2.75) is 13.3 Å². The zero-order chi connectivity index (χ0) is 9.42. The fraction of sp³-hybridized carbons (Fsp3) is 0.222. The number of nitrogens with one attached hydrogen (secondary N) is 1. The van der Waals surface area contributed by atoms with Gasteiger partial charge in [0.25, 0.3) is 0 Å². The largest absolute Gasteiger partial charge is 0.346 e. The van der Waals surface area contributed by atoms with E-state index in [-0.39, 0.29) is 6.03 Å². The van der Waals surface area contributed by atoms with Crippen LogP contribution in [0.1, 0.15) is 12.5 Å². The van der Waals surface area contributed by atoms with Crippen molar-refractivity contribution in [3.63, 3.8) is 0 Å². The standard InChI is InChI=1S/C9H8ClN2O/c1-2-5-3-7-8(4-6(5)10)12-9(13)11-7/h3-4H,2H2,1H3,(H,12,13). The number of carbonyl (C=O) groups is 1. The summed E-state index contributed by atoms with van der Waals surface area (Å²) < 4.78 is 0. The Hall–Kier alpha value is -1.22. The highest BCUT2D eigenvalue weighted by Gasteiger charge is 2.19. The van der Waals surface area contributed by atoms with Crippen LogP contribution in [0.3, 0.4) is 0 Å². The van der Waals surface area contributed by atoms with E-state index in [0.717, 1.165) is 12.0 Å². The molecule has 0 bridgehead atoms. The van der Waals surface area contributed by atoms with Crippen LogP contribution in [0.4, 0.5) is 16.2 Å². The molecule has 2 amide bonds. The molecule has 1 N–H and O–H groups in total. The number of aryl methyl sites for hydroxylation is 1. The summed E-state index contributed by atoms with van der Waals surface area (Å²) >= 11 is 5.96. The van der Waals surface area contributed by atoms with Gasteiger partial charge in [0, 0.05) is 5.02 Å². The summed E-state index contributed by atoms with van der Waals surface area (Å²) in [7, 11) is 0. The normalized spacial score (nSPS) is 13.5. The van der Waals surface area contributed by atoms with Gasteiger partial charge >= 0.3 is 6.03 Å². The van der Waals surface area contributed by atoms with Crippen molar-refractivity contribution in [2.75, 3.05) is 5.32 Å². The Labute approximate surface area is 81.1 Å². The van der Waals surface area contributed by atoms with Crippen LogP contribution >= 0.6 is 11.6 Å². The first-order valence-corrected chi connectivity index (χ1v) is 4.43. The van der Waals surface area contributed by atoms with Gasteiger partial charge in [0.15, 0.2) is 0 Å². The van der Waals surface area contributed by atoms with Crippen LogP contribution in [0.25, 0.3) is 0 Å². The number of benzene rings is 1. The Balaban J connectivity index is 2.50. The second-order valence-corrected chi connectivity index (χ2v) is 3.26. The second kappa shape index (κ2) is 2.92. The predicted molar refractivity (Wildman–Crippen MR) is 51.6 cm³/mol. The molecule has 1 aliphatic rings. The van der Waals surface area contributed by atoms with Crippen LogP contribution in [0, 0.1) is 0 Å². The number of urea groups is 1. The number of hydrogen-bond acceptors (Lipinski definition) is 1. The Bertz CT molecular complexity index is 376. The van der Waals surface area contributed by atoms with Crippen molar-refractivity contribution in [3.05, 3.63) is 22.7 Å². The molecule has 1 aromatic rings. The summed E-state index contributed by atoms with van der Waals surface area (Å²) in [6.45, 7) is 2.01. The maximum Gasteiger partial charge on any atom is 0.346 e. The van der Waals surface area contributed by atoms with Crippen molar-refractivity contribution in [1.82, 2.24) is 5.32 Å². The lowest BCUT2D eigenvalue weighted by molar-refractivity contribution is 0.256. The van der Waals surface area contributed by atoms with Crippen molar-refractivity contribution in [3.8, 4) is 0 Å². The van der Waals surface area contributed by atoms with Gasteiger partial charge in [-0.2, -0.15) is 5.32 Å². The number of carbonyl (C=O) groups excluding carboxylic acids is 1. The van der Waals surface area contributed by atoms with E-state index in [1.807, 2.05) is 13.0 Å². The van der Waals surface area contributed by atoms with Crippen molar-refractivity contribution >= 4 is 29.0 Å². The summed E-state index contributed by atoms with van der Waals surface area (Å²) in [6, 6.07) is 3.26. The predicted octanol–water partition coefficient (Wildman–Crippen LogP) is 2.68. The molecule has 4 heteroatoms. The summed E-state index contributed by atoms with van der Waals surface area (Å²) in [4.78, 5) is 10.9. The molecule has 2 rings (SSSR count). The Morgan fingerprint density at radius 1 is 1.54 bits per heavy atom. The molecule has 0 spiro atoms. The van der Waals surface area contributed by atoms with E-state index >= 15 is 0 Å². The number of halogens is 1. The van der Waals surface area contributed by atoms with E-state index in [4.69, 9.17) is 11.6 Å². The van der Waals surface area contributed by atoms with Gasteiger partial charge in [0.05, 0.1) is 11.4 Å². The quantitative estimate of drug-likeness (QED) is 0.736. The summed E-state index contributed by atoms with van der Waals surface area (Å²) in [5.74, 6) is 0. The van der Waals surface area contributed by atoms with Gasteiger partial charge in [-0.05, 0) is 24.1 Å². The average Bonchev–Trinajstić information content (AvgIpc) is 2.42. The average molecular weight is 196 g/mol. The third-order valence-electron chi connectivity index (χ3n) is 2.01. The van der Waals surface area contributed by atoms with Gasteiger partial charge in [-0.25, -0.2) is 4.79 Å². The molecular formula is C9H8ClN2O. The van der Waals surface area contributed by atoms with Gasteiger partial charge in [-0.15, -0.1) is 0 Å². The van der Waals surface area contributed by atoms with E-state index in [1.54, 1.807) is 6.07 Å². The minimum absolute atomic E-state index is 0.320. The molecule has 0 fully saturated rings. The lowest BCUT2D eigenvalue weighted by Crippen LogP contribution is -2.08. The van der Waals surface area contributed by atoms with Crippen molar-refractivity contribution < 1.29 is 4.79 Å². The third-order valence-corrected chi connectivity index (χ3v) is 2.36. The zero-order valence-corrected chi connectivity index (χ0v) is 7.85. The minimum atomic E-state index is -0.320. The molecule has 1 radical (unpaired) electrons. The minimum Gasteiger partial charge on any atom is -0.304 e. The number of nitrogens with zero attached hydrogens (tertiary/aromatic N) is 1. The highest BCUT2D eigenvalue weighted by atomic mass is 35.5. The van der Waals surface area contributed by atoms with Gasteiger partial charge < -0.3 is 5.32 Å². The molecule has 0 saturated carbocycles. The van der Waals surface area contributed by atoms with Crippen molar-refractivity contribution in [2.24, 2.45) is 0 Å². The molecule has 1 heterocycles. The van der Waals surface area contributed by atoms with Crippen LogP contribution in [0.2, 0.25) is 5.02 Å². The topological polar surface area (TPSA) is 43.2 Å². The highest BCUT2D eigenvalue weighted by molar-refractivity contribution is 6.32. The van der Waals surface area contributed by atoms with E-state index in [9.17, 15) is 4.79 Å². The Kier molecular flexibility index (Phi) is 1.88. The molecule has 3 nitrogen and oxygen atoms in total. The first-order chi connectivity index (χ1) is 6.20. The number of amides is 2. The summed E-state index contributed by atoms with van der Waals surface area (Å²) in [6.07, 6.45) is 0.843. The van der Waals surface area contributed by atoms with Crippen LogP contribution < -0.4 is 10.6 Å². The first-order valence-electron chi connectivity index (χ1n) is 4.06. The smallest absolute Gasteiger partial charge is 0.304 e. The number of rotatable bonds is 1. The van der Waals surface area contributed by atoms with E-state index in [0.29, 0.717) is 16.4 Å². The third kappa shape index (κ3) is 1.35. The van der Waals surface area contributed by atoms with Gasteiger partial charge in [0.1, 0.15) is 0 Å². The molecule has 1 aromatic carbocycles. The molecule has 13 heavy (non-hydrogen) atoms. The van der Waals surface area contributed by atoms with E-state index < -0.39 is 0 Å². The first kappa shape index (κ1) is 8.38. The molecule has 0 unspecified atom stereocenters. The molecular weight excluding hydrogens is 188 g/mol. The van der Waals surface area contributed by atoms with Crippen LogP contribution in [0.15, 0.2) is 12.1 Å². The highest BCUT2D eigenvalue weighted by Crippen LogP contribution is 2.33. The number of hydrogen-bond donors (Lipinski definition) is 1. The fourth-order valence-corrected chi connectivity index (χ4v) is 1.62. The van der Waals surface area contributed by atoms with Gasteiger partial charge in [-0.1, -0.05) is 18.5 Å². The second-order valence-electron chi connectivity index (χ2n) is 2.86. The summed E-state index contributed by atoms with van der Waals surface area (Å²) in [5, 5.41) is 7.07. The molecule has 0 atom stereocenters. The van der Waals surface area contributed by atoms with E-state index in [2.05, 4.69) is 10.6 Å². The monoisotopic (exact) mass is 195 g/mol. The maximum absolute atomic E-state index is 10.9. The lowest BCUT2D eigenvalue weighted by atomic mass is 10.1. The number of fused-ring (bicyclic) bond motifs is 1. The fourth-order valence-electron chi connectivity index (χ4n) is 1.32. The van der Waals surface area contributed by atoms with E-state index in [1.165, 1.54) is 0 Å². The molecule has 1 aliphatic heterocycles. The molecule has 0 aromatic heterocycles. The number of anilines is 1. The van der Waals surface area contributed by atoms with Crippen LogP contribution in [-0.2, 0) is 6.42 Å². The maximum atomic E-state index is 10.9. The lowest BCUT2D eigenvalue weighted by Gasteiger charge is -2.02. The Morgan fingerprint density at radius 2 is 2.31 bits per heavy atom. The zero-order valence-electron chi connectivity index (χ0n) is 7.10. The van der Waals surface area contributed by atoms with Gasteiger partial charge in [-0.3, -0.25) is 0 Å². The van der Waals surface area contributed by atoms with Crippen molar-refractivity contribution in [1.29, 1.82) is 0 Å². The molecule has 0 saturated heterocycles. The van der Waals surface area contributed by atoms with Gasteiger partial charge in [0.2, 0.25) is 0 Å². The SMILES string of the molecule is CCc1cc2c(cc1Cl)NC(=O)[N]2.